The Morgan fingerprint density at radius 1 is 1.17 bits per heavy atom. The van der Waals surface area contributed by atoms with Gasteiger partial charge in [-0.05, 0) is 53.2 Å². The van der Waals surface area contributed by atoms with E-state index in [4.69, 9.17) is 16.3 Å². The van der Waals surface area contributed by atoms with E-state index in [0.717, 1.165) is 22.3 Å². The van der Waals surface area contributed by atoms with Gasteiger partial charge in [0.15, 0.2) is 5.82 Å². The average molecular weight is 341 g/mol. The third kappa shape index (κ3) is 2.39. The average Bonchev–Trinajstić information content (AvgIpc) is 3.06. The number of methoxy groups -OCH3 is 1. The zero-order valence-electron chi connectivity index (χ0n) is 13.0. The van der Waals surface area contributed by atoms with Crippen LogP contribution in [0.2, 0.25) is 5.02 Å². The fraction of sp³-hybridized carbons (Fsp3) is 0.125. The van der Waals surface area contributed by atoms with Crippen molar-refractivity contribution >= 4 is 39.8 Å². The first-order chi connectivity index (χ1) is 11.7. The fourth-order valence-corrected chi connectivity index (χ4v) is 2.79. The van der Waals surface area contributed by atoms with Gasteiger partial charge in [0, 0.05) is 5.69 Å². The molecule has 0 bridgehead atoms. The van der Waals surface area contributed by atoms with Crippen molar-refractivity contribution in [1.82, 2.24) is 25.0 Å². The highest BCUT2D eigenvalue weighted by Gasteiger charge is 2.12. The lowest BCUT2D eigenvalue weighted by molar-refractivity contribution is 0.415. The van der Waals surface area contributed by atoms with Gasteiger partial charge in [-0.2, -0.15) is 4.52 Å². The molecule has 0 unspecified atom stereocenters. The molecule has 2 aromatic carbocycles. The quantitative estimate of drug-likeness (QED) is 0.616. The Bertz CT molecular complexity index is 1060. The minimum atomic E-state index is 0.509. The van der Waals surface area contributed by atoms with Gasteiger partial charge < -0.3 is 10.1 Å². The normalized spacial score (nSPS) is 11.1. The molecule has 1 N–H and O–H groups in total. The molecule has 24 heavy (non-hydrogen) atoms. The number of aryl methyl sites for hydroxylation is 1. The Kier molecular flexibility index (Phi) is 3.42. The number of hydrogen-bond donors (Lipinski definition) is 1. The largest absolute Gasteiger partial charge is 0.495 e. The molecule has 0 radical (unpaired) electrons. The molecule has 4 aromatic rings. The number of benzene rings is 2. The number of rotatable bonds is 3. The molecule has 8 heteroatoms. The highest BCUT2D eigenvalue weighted by Crippen LogP contribution is 2.29. The summed E-state index contributed by atoms with van der Waals surface area (Å²) < 4.78 is 6.83. The van der Waals surface area contributed by atoms with Crippen LogP contribution in [-0.2, 0) is 0 Å². The Morgan fingerprint density at radius 3 is 2.83 bits per heavy atom. The molecule has 120 valence electrons. The minimum Gasteiger partial charge on any atom is -0.495 e. The second-order valence-electron chi connectivity index (χ2n) is 5.34. The predicted octanol–water partition coefficient (Wildman–Crippen LogP) is 3.39. The first kappa shape index (κ1) is 14.6. The molecule has 0 atom stereocenters. The molecule has 7 nitrogen and oxygen atoms in total. The zero-order valence-corrected chi connectivity index (χ0v) is 13.7. The fourth-order valence-electron chi connectivity index (χ4n) is 2.53. The minimum absolute atomic E-state index is 0.509. The van der Waals surface area contributed by atoms with Crippen molar-refractivity contribution in [3.8, 4) is 5.75 Å². The van der Waals surface area contributed by atoms with E-state index < -0.39 is 0 Å². The van der Waals surface area contributed by atoms with Crippen LogP contribution in [0, 0.1) is 6.92 Å². The number of hydrogen-bond acceptors (Lipinski definition) is 6. The highest BCUT2D eigenvalue weighted by molar-refractivity contribution is 6.32. The van der Waals surface area contributed by atoms with Gasteiger partial charge >= 0.3 is 0 Å². The Morgan fingerprint density at radius 2 is 2.04 bits per heavy atom. The van der Waals surface area contributed by atoms with Gasteiger partial charge in [0.05, 0.1) is 23.2 Å². The van der Waals surface area contributed by atoms with Crippen molar-refractivity contribution in [2.45, 2.75) is 6.92 Å². The molecule has 0 aliphatic rings. The predicted molar refractivity (Wildman–Crippen MR) is 92.1 cm³/mol. The summed E-state index contributed by atoms with van der Waals surface area (Å²) in [6.07, 6.45) is 0. The number of anilines is 2. The summed E-state index contributed by atoms with van der Waals surface area (Å²) in [5.74, 6) is 1.16. The van der Waals surface area contributed by atoms with Crippen molar-refractivity contribution in [3.63, 3.8) is 0 Å². The van der Waals surface area contributed by atoms with E-state index in [0.29, 0.717) is 22.2 Å². The van der Waals surface area contributed by atoms with E-state index in [2.05, 4.69) is 25.8 Å². The number of halogens is 1. The number of nitrogens with zero attached hydrogens (tertiary/aromatic N) is 5. The van der Waals surface area contributed by atoms with Gasteiger partial charge in [-0.1, -0.05) is 17.7 Å². The summed E-state index contributed by atoms with van der Waals surface area (Å²) >= 11 is 6.17. The van der Waals surface area contributed by atoms with Gasteiger partial charge in [0.2, 0.25) is 5.65 Å². The molecule has 0 saturated carbocycles. The number of nitrogens with one attached hydrogen (secondary N) is 1. The van der Waals surface area contributed by atoms with Gasteiger partial charge in [0.25, 0.3) is 0 Å². The molecular formula is C16H13ClN6O. The van der Waals surface area contributed by atoms with E-state index in [1.807, 2.05) is 31.2 Å². The van der Waals surface area contributed by atoms with Crippen molar-refractivity contribution in [3.05, 3.63) is 47.0 Å². The van der Waals surface area contributed by atoms with Crippen LogP contribution in [0.1, 0.15) is 5.56 Å². The molecule has 2 aromatic heterocycles. The van der Waals surface area contributed by atoms with E-state index in [1.165, 1.54) is 0 Å². The molecule has 2 heterocycles. The summed E-state index contributed by atoms with van der Waals surface area (Å²) in [5.41, 5.74) is 4.07. The van der Waals surface area contributed by atoms with E-state index in [-0.39, 0.29) is 0 Å². The van der Waals surface area contributed by atoms with Crippen molar-refractivity contribution in [1.29, 1.82) is 0 Å². The number of fused-ring (bicyclic) bond motifs is 3. The molecule has 0 aliphatic carbocycles. The van der Waals surface area contributed by atoms with Crippen molar-refractivity contribution in [2.75, 3.05) is 12.4 Å². The van der Waals surface area contributed by atoms with Crippen molar-refractivity contribution < 1.29 is 4.74 Å². The molecule has 0 saturated heterocycles. The standard InChI is InChI=1S/C16H13ClN6O/c1-9-3-5-12-13(7-9)23-16(20-21-22-23)15(19-12)18-10-4-6-14(24-2)11(17)8-10/h3-8H,1-2H3,(H,18,19). The monoisotopic (exact) mass is 340 g/mol. The maximum absolute atomic E-state index is 6.17. The molecule has 4 rings (SSSR count). The molecule has 0 amide bonds. The first-order valence-electron chi connectivity index (χ1n) is 7.25. The van der Waals surface area contributed by atoms with Crippen LogP contribution in [0.25, 0.3) is 16.7 Å². The molecule has 0 spiro atoms. The van der Waals surface area contributed by atoms with E-state index in [1.54, 1.807) is 23.8 Å². The third-order valence-corrected chi connectivity index (χ3v) is 3.98. The number of ether oxygens (including phenoxy) is 1. The lowest BCUT2D eigenvalue weighted by atomic mass is 10.2. The summed E-state index contributed by atoms with van der Waals surface area (Å²) in [7, 11) is 1.58. The Labute approximate surface area is 142 Å². The van der Waals surface area contributed by atoms with Crippen molar-refractivity contribution in [2.24, 2.45) is 0 Å². The van der Waals surface area contributed by atoms with Crippen LogP contribution in [0.4, 0.5) is 11.5 Å². The van der Waals surface area contributed by atoms with Crippen LogP contribution in [0.5, 0.6) is 5.75 Å². The van der Waals surface area contributed by atoms with Gasteiger partial charge in [-0.3, -0.25) is 0 Å². The zero-order chi connectivity index (χ0) is 16.7. The van der Waals surface area contributed by atoms with Crippen LogP contribution in [0.3, 0.4) is 0 Å². The maximum Gasteiger partial charge on any atom is 0.222 e. The van der Waals surface area contributed by atoms with Gasteiger partial charge in [-0.15, -0.1) is 5.10 Å². The molecule has 0 aliphatic heterocycles. The Balaban J connectivity index is 1.85. The molecule has 0 fully saturated rings. The lowest BCUT2D eigenvalue weighted by Crippen LogP contribution is -2.01. The van der Waals surface area contributed by atoms with Crippen LogP contribution in [-0.4, -0.2) is 32.1 Å². The van der Waals surface area contributed by atoms with E-state index >= 15 is 0 Å². The highest BCUT2D eigenvalue weighted by atomic mass is 35.5. The third-order valence-electron chi connectivity index (χ3n) is 3.69. The van der Waals surface area contributed by atoms with Crippen LogP contribution >= 0.6 is 11.6 Å². The number of tetrazole rings is 1. The number of aromatic nitrogens is 5. The summed E-state index contributed by atoms with van der Waals surface area (Å²) in [6, 6.07) is 11.3. The lowest BCUT2D eigenvalue weighted by Gasteiger charge is -2.10. The Hall–Kier alpha value is -2.93. The summed E-state index contributed by atoms with van der Waals surface area (Å²) in [6.45, 7) is 2.02. The maximum atomic E-state index is 6.17. The first-order valence-corrected chi connectivity index (χ1v) is 7.62. The SMILES string of the molecule is COc1ccc(Nc2nc3ccc(C)cc3n3nnnc23)cc1Cl. The molecular weight excluding hydrogens is 328 g/mol. The van der Waals surface area contributed by atoms with Gasteiger partial charge in [0.1, 0.15) is 5.75 Å². The van der Waals surface area contributed by atoms with Crippen LogP contribution < -0.4 is 10.1 Å². The van der Waals surface area contributed by atoms with E-state index in [9.17, 15) is 0 Å². The summed E-state index contributed by atoms with van der Waals surface area (Å²) in [5, 5.41) is 15.6. The van der Waals surface area contributed by atoms with Crippen LogP contribution in [0.15, 0.2) is 36.4 Å². The topological polar surface area (TPSA) is 77.2 Å². The summed E-state index contributed by atoms with van der Waals surface area (Å²) in [4.78, 5) is 4.64. The van der Waals surface area contributed by atoms with Gasteiger partial charge in [-0.25, -0.2) is 4.98 Å². The second-order valence-corrected chi connectivity index (χ2v) is 5.75. The smallest absolute Gasteiger partial charge is 0.222 e. The second kappa shape index (κ2) is 5.61.